The number of thioether (sulfide) groups is 1. The third kappa shape index (κ3) is 5.06. The van der Waals surface area contributed by atoms with Crippen LogP contribution in [0.3, 0.4) is 0 Å². The van der Waals surface area contributed by atoms with Crippen LogP contribution in [0.4, 0.5) is 22.4 Å². The average molecular weight is 567 g/mol. The molecule has 2 fully saturated rings. The Morgan fingerprint density at radius 3 is 2.71 bits per heavy atom. The minimum Gasteiger partial charge on any atom is -0.301 e. The summed E-state index contributed by atoms with van der Waals surface area (Å²) >= 11 is 6.50. The van der Waals surface area contributed by atoms with Gasteiger partial charge in [-0.25, -0.2) is 4.39 Å². The Kier molecular flexibility index (Phi) is 7.27. The number of likely N-dealkylation sites (tertiary alicyclic amines) is 1. The highest BCUT2D eigenvalue weighted by molar-refractivity contribution is 8.18. The van der Waals surface area contributed by atoms with Crippen molar-refractivity contribution in [1.82, 2.24) is 20.0 Å². The third-order valence-corrected chi connectivity index (χ3v) is 8.21. The summed E-state index contributed by atoms with van der Waals surface area (Å²) in [6.07, 6.45) is -4.56. The lowest BCUT2D eigenvalue weighted by molar-refractivity contribution is -0.138. The van der Waals surface area contributed by atoms with E-state index in [1.807, 2.05) is 11.8 Å². The molecule has 200 valence electrons. The van der Waals surface area contributed by atoms with E-state index >= 15 is 4.39 Å². The zero-order chi connectivity index (χ0) is 27.2. The van der Waals surface area contributed by atoms with Gasteiger partial charge in [-0.2, -0.15) is 18.3 Å². The predicted molar refractivity (Wildman–Crippen MR) is 138 cm³/mol. The minimum atomic E-state index is -4.69. The first-order valence-electron chi connectivity index (χ1n) is 12.0. The van der Waals surface area contributed by atoms with Crippen molar-refractivity contribution in [2.75, 3.05) is 19.6 Å². The number of carbonyl (C=O) groups excluding carboxylic acids is 2. The van der Waals surface area contributed by atoms with Crippen LogP contribution in [0.5, 0.6) is 0 Å². The normalized spacial score (nSPS) is 22.5. The highest BCUT2D eigenvalue weighted by atomic mass is 35.5. The lowest BCUT2D eigenvalue weighted by Gasteiger charge is -2.37. The molecule has 6 nitrogen and oxygen atoms in total. The van der Waals surface area contributed by atoms with Crippen molar-refractivity contribution < 1.29 is 27.2 Å². The van der Waals surface area contributed by atoms with Crippen molar-refractivity contribution in [2.45, 2.75) is 38.2 Å². The fourth-order valence-corrected chi connectivity index (χ4v) is 6.15. The first-order chi connectivity index (χ1) is 18.1. The molecule has 0 saturated carbocycles. The van der Waals surface area contributed by atoms with Gasteiger partial charge in [0.05, 0.1) is 28.2 Å². The van der Waals surface area contributed by atoms with Crippen LogP contribution < -0.4 is 0 Å². The Morgan fingerprint density at radius 2 is 2.00 bits per heavy atom. The van der Waals surface area contributed by atoms with Gasteiger partial charge in [0.1, 0.15) is 6.17 Å². The summed E-state index contributed by atoms with van der Waals surface area (Å²) in [6.45, 7) is 3.20. The highest BCUT2D eigenvalue weighted by Crippen LogP contribution is 2.43. The molecule has 2 unspecified atom stereocenters. The third-order valence-electron chi connectivity index (χ3n) is 6.98. The number of H-pyrrole nitrogens is 1. The molecule has 2 amide bonds. The Morgan fingerprint density at radius 1 is 1.21 bits per heavy atom. The van der Waals surface area contributed by atoms with E-state index in [0.717, 1.165) is 11.0 Å². The molecule has 1 N–H and O–H groups in total. The monoisotopic (exact) mass is 566 g/mol. The number of halogens is 5. The number of aromatic amines is 1. The summed E-state index contributed by atoms with van der Waals surface area (Å²) in [4.78, 5) is 29.6. The van der Waals surface area contributed by atoms with Crippen LogP contribution in [-0.2, 0) is 17.4 Å². The number of nitrogens with one attached hydrogen (secondary N) is 1. The number of nitrogens with zero attached hydrogens (tertiary/aromatic N) is 3. The fourth-order valence-electron chi connectivity index (χ4n) is 4.98. The molecule has 12 heteroatoms. The van der Waals surface area contributed by atoms with Gasteiger partial charge < -0.3 is 4.90 Å². The first kappa shape index (κ1) is 26.7. The number of carbonyl (C=O) groups is 2. The van der Waals surface area contributed by atoms with E-state index in [9.17, 15) is 22.8 Å². The number of hydrogen-bond donors (Lipinski definition) is 1. The smallest absolute Gasteiger partial charge is 0.301 e. The van der Waals surface area contributed by atoms with E-state index in [2.05, 4.69) is 10.2 Å². The van der Waals surface area contributed by atoms with Crippen molar-refractivity contribution in [3.8, 4) is 0 Å². The lowest BCUT2D eigenvalue weighted by atomic mass is 9.93. The second-order valence-electron chi connectivity index (χ2n) is 9.26. The number of rotatable bonds is 5. The molecule has 2 aliphatic heterocycles. The Balaban J connectivity index is 1.60. The summed E-state index contributed by atoms with van der Waals surface area (Å²) in [5, 5.41) is 6.77. The number of amides is 2. The second kappa shape index (κ2) is 10.3. The maximum absolute atomic E-state index is 15.1. The number of allylic oxidation sites excluding steroid dienone is 1. The molecule has 2 aliphatic rings. The molecular weight excluding hydrogens is 544 g/mol. The van der Waals surface area contributed by atoms with Crippen LogP contribution >= 0.6 is 23.4 Å². The summed E-state index contributed by atoms with van der Waals surface area (Å²) < 4.78 is 56.8. The molecule has 2 atom stereocenters. The van der Waals surface area contributed by atoms with Crippen LogP contribution in [0.2, 0.25) is 5.02 Å². The van der Waals surface area contributed by atoms with Crippen molar-refractivity contribution in [2.24, 2.45) is 0 Å². The van der Waals surface area contributed by atoms with Gasteiger partial charge in [-0.15, -0.1) is 0 Å². The number of fused-ring (bicyclic) bond motifs is 1. The Bertz CT molecular complexity index is 1440. The number of alkyl halides is 4. The van der Waals surface area contributed by atoms with Gasteiger partial charge in [-0.05, 0) is 72.1 Å². The van der Waals surface area contributed by atoms with Gasteiger partial charge in [0.2, 0.25) is 0 Å². The maximum Gasteiger partial charge on any atom is 0.416 e. The van der Waals surface area contributed by atoms with Crippen molar-refractivity contribution in [1.29, 1.82) is 0 Å². The van der Waals surface area contributed by atoms with E-state index in [0.29, 0.717) is 41.3 Å². The summed E-state index contributed by atoms with van der Waals surface area (Å²) in [5.41, 5.74) is 0.377. The second-order valence-corrected chi connectivity index (χ2v) is 10.7. The minimum absolute atomic E-state index is 0.00830. The highest BCUT2D eigenvalue weighted by Gasteiger charge is 2.46. The molecule has 38 heavy (non-hydrogen) atoms. The van der Waals surface area contributed by atoms with Crippen molar-refractivity contribution >= 4 is 51.0 Å². The van der Waals surface area contributed by atoms with Crippen LogP contribution in [-0.4, -0.2) is 63.0 Å². The molecule has 3 aromatic rings. The molecule has 2 saturated heterocycles. The number of benzene rings is 2. The van der Waals surface area contributed by atoms with Crippen LogP contribution in [0.25, 0.3) is 16.5 Å². The topological polar surface area (TPSA) is 69.3 Å². The van der Waals surface area contributed by atoms with E-state index in [1.54, 1.807) is 24.4 Å². The first-order valence-corrected chi connectivity index (χ1v) is 13.2. The predicted octanol–water partition coefficient (Wildman–Crippen LogP) is 6.32. The zero-order valence-electron chi connectivity index (χ0n) is 20.2. The standard InChI is InChI=1S/C26H23ClF4N4O2S/c1-2-34-8-7-22(20(28)13-34)35-24(36)23(38-25(35)37)18(14-4-6-21-16(9-14)12-32-33-21)10-15-3-5-17(27)11-19(15)26(29,30)31/h3-6,9,11-12,20,22H,2,7-8,10,13H2,1H3,(H,32,33)/b23-18-. The van der Waals surface area contributed by atoms with Gasteiger partial charge in [0.25, 0.3) is 11.1 Å². The van der Waals surface area contributed by atoms with Gasteiger partial charge >= 0.3 is 6.18 Å². The molecule has 0 bridgehead atoms. The number of imide groups is 1. The van der Waals surface area contributed by atoms with Crippen LogP contribution in [0.1, 0.15) is 30.0 Å². The fraction of sp³-hybridized carbons (Fsp3) is 0.346. The summed E-state index contributed by atoms with van der Waals surface area (Å²) in [6, 6.07) is 7.59. The van der Waals surface area contributed by atoms with E-state index in [4.69, 9.17) is 11.6 Å². The SMILES string of the molecule is CCN1CCC(N2C(=O)S/C(=C(/Cc3ccc(Cl)cc3C(F)(F)F)c3ccc4[nH]ncc4c3)C2=O)C(F)C1. The number of hydrogen-bond acceptors (Lipinski definition) is 5. The lowest BCUT2D eigenvalue weighted by Crippen LogP contribution is -2.53. The maximum atomic E-state index is 15.1. The van der Waals surface area contributed by atoms with E-state index < -0.39 is 35.1 Å². The molecule has 2 aromatic carbocycles. The molecule has 5 rings (SSSR count). The quantitative estimate of drug-likeness (QED) is 0.289. The Hall–Kier alpha value is -2.89. The molecule has 0 aliphatic carbocycles. The van der Waals surface area contributed by atoms with Crippen LogP contribution in [0.15, 0.2) is 47.5 Å². The largest absolute Gasteiger partial charge is 0.416 e. The summed E-state index contributed by atoms with van der Waals surface area (Å²) in [7, 11) is 0. The van der Waals surface area contributed by atoms with Gasteiger partial charge in [0.15, 0.2) is 0 Å². The van der Waals surface area contributed by atoms with E-state index in [1.165, 1.54) is 12.1 Å². The summed E-state index contributed by atoms with van der Waals surface area (Å²) in [5.74, 6) is -0.692. The van der Waals surface area contributed by atoms with Gasteiger partial charge in [-0.3, -0.25) is 19.6 Å². The number of aromatic nitrogens is 2. The van der Waals surface area contributed by atoms with Gasteiger partial charge in [0, 0.05) is 23.5 Å². The molecule has 0 radical (unpaired) electrons. The molecular formula is C26H23ClF4N4O2S. The van der Waals surface area contributed by atoms with Crippen molar-refractivity contribution in [3.63, 3.8) is 0 Å². The van der Waals surface area contributed by atoms with Gasteiger partial charge in [-0.1, -0.05) is 30.7 Å². The van der Waals surface area contributed by atoms with E-state index in [-0.39, 0.29) is 40.5 Å². The molecule has 1 aromatic heterocycles. The van der Waals surface area contributed by atoms with Crippen molar-refractivity contribution in [3.05, 3.63) is 69.2 Å². The Labute approximate surface area is 225 Å². The van der Waals surface area contributed by atoms with Crippen LogP contribution in [0, 0.1) is 0 Å². The zero-order valence-corrected chi connectivity index (χ0v) is 21.8. The average Bonchev–Trinajstić information content (AvgIpc) is 3.46. The number of piperidine rings is 1. The molecule has 3 heterocycles. The molecule has 0 spiro atoms.